The maximum Gasteiger partial charge on any atom is 0.407 e. The average Bonchev–Trinajstić information content (AvgIpc) is 2.85. The Morgan fingerprint density at radius 1 is 1.15 bits per heavy atom. The fourth-order valence-electron chi connectivity index (χ4n) is 4.09. The lowest BCUT2D eigenvalue weighted by Gasteiger charge is -2.30. The first kappa shape index (κ1) is 23.0. The number of fused-ring (bicyclic) bond motifs is 1. The van der Waals surface area contributed by atoms with Crippen molar-refractivity contribution in [2.45, 2.75) is 25.9 Å². The number of hydrogen-bond acceptors (Lipinski definition) is 7. The lowest BCUT2D eigenvalue weighted by molar-refractivity contribution is 0.0891. The fraction of sp³-hybridized carbons (Fsp3) is 0.320. The molecule has 1 saturated heterocycles. The molecule has 0 unspecified atom stereocenters. The molecule has 1 aromatic heterocycles. The maximum atomic E-state index is 11.1. The summed E-state index contributed by atoms with van der Waals surface area (Å²) in [5.41, 5.74) is 3.43. The van der Waals surface area contributed by atoms with E-state index in [0.29, 0.717) is 54.2 Å². The minimum Gasteiger partial charge on any atom is -0.493 e. The number of carbonyl (C=O) groups is 1. The van der Waals surface area contributed by atoms with Gasteiger partial charge in [-0.1, -0.05) is 0 Å². The largest absolute Gasteiger partial charge is 0.493 e. The topological polar surface area (TPSA) is 117 Å². The van der Waals surface area contributed by atoms with Crippen molar-refractivity contribution in [1.29, 1.82) is 5.26 Å². The number of carboxylic acid groups (broad SMARTS) is 1. The lowest BCUT2D eigenvalue weighted by atomic mass is 10.1. The van der Waals surface area contributed by atoms with Crippen LogP contribution in [-0.4, -0.2) is 54.5 Å². The van der Waals surface area contributed by atoms with Crippen LogP contribution in [0.5, 0.6) is 17.2 Å². The second-order valence-electron chi connectivity index (χ2n) is 8.08. The number of piperidine rings is 1. The summed E-state index contributed by atoms with van der Waals surface area (Å²) in [5, 5.41) is 22.9. The van der Waals surface area contributed by atoms with E-state index in [1.165, 1.54) is 11.1 Å². The number of hydrogen-bond donors (Lipinski definition) is 2. The van der Waals surface area contributed by atoms with Crippen LogP contribution in [0.2, 0.25) is 0 Å². The summed E-state index contributed by atoms with van der Waals surface area (Å²) < 4.78 is 17.0. The van der Waals surface area contributed by atoms with E-state index < -0.39 is 6.09 Å². The van der Waals surface area contributed by atoms with Gasteiger partial charge in [-0.05, 0) is 36.8 Å². The first-order valence-corrected chi connectivity index (χ1v) is 10.9. The molecule has 3 aromatic rings. The molecule has 0 spiro atoms. The summed E-state index contributed by atoms with van der Waals surface area (Å²) in [5.74, 6) is 1.86. The lowest BCUT2D eigenvalue weighted by Crippen LogP contribution is -2.41. The predicted molar refractivity (Wildman–Crippen MR) is 127 cm³/mol. The van der Waals surface area contributed by atoms with Gasteiger partial charge in [-0.2, -0.15) is 5.26 Å². The Balaban J connectivity index is 1.58. The summed E-state index contributed by atoms with van der Waals surface area (Å²) in [6.45, 7) is 2.90. The molecule has 0 atom stereocenters. The number of nitrogens with one attached hydrogen (secondary N) is 1. The number of benzene rings is 2. The van der Waals surface area contributed by atoms with Gasteiger partial charge in [-0.25, -0.2) is 4.79 Å². The number of anilines is 2. The van der Waals surface area contributed by atoms with Gasteiger partial charge in [0.2, 0.25) is 0 Å². The van der Waals surface area contributed by atoms with Crippen LogP contribution in [-0.2, 0) is 0 Å². The number of nitrogens with zero attached hydrogens (tertiary/aromatic N) is 3. The summed E-state index contributed by atoms with van der Waals surface area (Å²) in [7, 11) is 3.13. The molecule has 1 fully saturated rings. The van der Waals surface area contributed by atoms with Gasteiger partial charge in [-0.3, -0.25) is 4.98 Å². The minimum absolute atomic E-state index is 0.0233. The van der Waals surface area contributed by atoms with E-state index in [-0.39, 0.29) is 6.10 Å². The number of likely N-dealkylation sites (tertiary alicyclic amines) is 1. The molecule has 0 saturated carbocycles. The van der Waals surface area contributed by atoms with Gasteiger partial charge in [0.05, 0.1) is 31.0 Å². The van der Waals surface area contributed by atoms with Crippen molar-refractivity contribution in [2.75, 3.05) is 32.6 Å². The van der Waals surface area contributed by atoms with E-state index in [4.69, 9.17) is 19.3 Å². The standard InChI is InChI=1S/C25H26N4O5/c1-15-10-17(4-5-21(15)34-18-6-8-29(9-7-18)25(30)31)28-24-16(13-26)14-27-20-12-23(33-3)22(32-2)11-19(20)24/h4-5,10-12,14,18H,6-9H2,1-3H3,(H,27,28)(H,30,31). The number of aromatic nitrogens is 1. The van der Waals surface area contributed by atoms with Gasteiger partial charge in [-0.15, -0.1) is 0 Å². The number of aryl methyl sites for hydroxylation is 1. The highest BCUT2D eigenvalue weighted by Crippen LogP contribution is 2.37. The van der Waals surface area contributed by atoms with Gasteiger partial charge >= 0.3 is 6.09 Å². The van der Waals surface area contributed by atoms with Gasteiger partial charge in [0, 0.05) is 49.3 Å². The van der Waals surface area contributed by atoms with Crippen molar-refractivity contribution in [3.05, 3.63) is 47.7 Å². The molecule has 1 aliphatic heterocycles. The second-order valence-corrected chi connectivity index (χ2v) is 8.08. The van der Waals surface area contributed by atoms with E-state index in [1.807, 2.05) is 25.1 Å². The number of pyridine rings is 1. The molecule has 1 amide bonds. The van der Waals surface area contributed by atoms with Crippen molar-refractivity contribution in [1.82, 2.24) is 9.88 Å². The smallest absolute Gasteiger partial charge is 0.407 e. The highest BCUT2D eigenvalue weighted by molar-refractivity contribution is 5.97. The van der Waals surface area contributed by atoms with Crippen molar-refractivity contribution in [3.8, 4) is 23.3 Å². The third-order valence-corrected chi connectivity index (χ3v) is 5.94. The van der Waals surface area contributed by atoms with Crippen LogP contribution < -0.4 is 19.5 Å². The van der Waals surface area contributed by atoms with Crippen molar-refractivity contribution in [2.24, 2.45) is 0 Å². The molecule has 0 aliphatic carbocycles. The quantitative estimate of drug-likeness (QED) is 0.542. The fourth-order valence-corrected chi connectivity index (χ4v) is 4.09. The third kappa shape index (κ3) is 4.62. The van der Waals surface area contributed by atoms with E-state index in [2.05, 4.69) is 16.4 Å². The predicted octanol–water partition coefficient (Wildman–Crippen LogP) is 4.70. The molecule has 4 rings (SSSR count). The van der Waals surface area contributed by atoms with E-state index >= 15 is 0 Å². The van der Waals surface area contributed by atoms with Gasteiger partial charge in [0.25, 0.3) is 0 Å². The Morgan fingerprint density at radius 2 is 1.85 bits per heavy atom. The molecular weight excluding hydrogens is 436 g/mol. The zero-order chi connectivity index (χ0) is 24.2. The van der Waals surface area contributed by atoms with Crippen LogP contribution in [0.3, 0.4) is 0 Å². The number of nitriles is 1. The van der Waals surface area contributed by atoms with Crippen LogP contribution in [0.25, 0.3) is 10.9 Å². The Bertz CT molecular complexity index is 1260. The van der Waals surface area contributed by atoms with Gasteiger partial charge in [0.1, 0.15) is 17.9 Å². The number of ether oxygens (including phenoxy) is 3. The van der Waals surface area contributed by atoms with Crippen LogP contribution >= 0.6 is 0 Å². The van der Waals surface area contributed by atoms with Crippen molar-refractivity contribution in [3.63, 3.8) is 0 Å². The maximum absolute atomic E-state index is 11.1. The molecule has 2 heterocycles. The first-order valence-electron chi connectivity index (χ1n) is 10.9. The number of rotatable bonds is 6. The molecule has 9 nitrogen and oxygen atoms in total. The monoisotopic (exact) mass is 462 g/mol. The Labute approximate surface area is 197 Å². The number of amides is 1. The second kappa shape index (κ2) is 9.75. The van der Waals surface area contributed by atoms with Gasteiger partial charge in [0.15, 0.2) is 11.5 Å². The van der Waals surface area contributed by atoms with Crippen LogP contribution in [0, 0.1) is 18.3 Å². The number of methoxy groups -OCH3 is 2. The third-order valence-electron chi connectivity index (χ3n) is 5.94. The molecule has 1 aliphatic rings. The summed E-state index contributed by atoms with van der Waals surface area (Å²) >= 11 is 0. The molecule has 176 valence electrons. The highest BCUT2D eigenvalue weighted by Gasteiger charge is 2.24. The van der Waals surface area contributed by atoms with Crippen molar-refractivity contribution >= 4 is 28.4 Å². The SMILES string of the molecule is COc1cc2ncc(C#N)c(Nc3ccc(OC4CCN(C(=O)O)CC4)c(C)c3)c2cc1OC. The van der Waals surface area contributed by atoms with Crippen LogP contribution in [0.15, 0.2) is 36.5 Å². The molecule has 2 aromatic carbocycles. The Hall–Kier alpha value is -4.19. The molecule has 34 heavy (non-hydrogen) atoms. The first-order chi connectivity index (χ1) is 16.4. The molecule has 0 bridgehead atoms. The molecular formula is C25H26N4O5. The minimum atomic E-state index is -0.888. The summed E-state index contributed by atoms with van der Waals surface area (Å²) in [4.78, 5) is 16.9. The highest BCUT2D eigenvalue weighted by atomic mass is 16.5. The van der Waals surface area contributed by atoms with E-state index in [9.17, 15) is 10.1 Å². The Morgan fingerprint density at radius 3 is 2.47 bits per heavy atom. The summed E-state index contributed by atoms with van der Waals surface area (Å²) in [6.07, 6.45) is 1.94. The average molecular weight is 463 g/mol. The zero-order valence-electron chi connectivity index (χ0n) is 19.3. The summed E-state index contributed by atoms with van der Waals surface area (Å²) in [6, 6.07) is 11.5. The molecule has 0 radical (unpaired) electrons. The van der Waals surface area contributed by atoms with Crippen LogP contribution in [0.4, 0.5) is 16.2 Å². The van der Waals surface area contributed by atoms with Gasteiger partial charge < -0.3 is 29.5 Å². The van der Waals surface area contributed by atoms with E-state index in [1.54, 1.807) is 26.4 Å². The van der Waals surface area contributed by atoms with Crippen molar-refractivity contribution < 1.29 is 24.1 Å². The zero-order valence-corrected chi connectivity index (χ0v) is 19.3. The molecule has 2 N–H and O–H groups in total. The normalized spacial score (nSPS) is 13.9. The Kier molecular flexibility index (Phi) is 6.59. The van der Waals surface area contributed by atoms with E-state index in [0.717, 1.165) is 22.4 Å². The molecule has 9 heteroatoms. The van der Waals surface area contributed by atoms with Crippen LogP contribution in [0.1, 0.15) is 24.0 Å².